The second-order valence-corrected chi connectivity index (χ2v) is 21.2. The quantitative estimate of drug-likeness (QED) is 0.103. The molecule has 0 saturated heterocycles. The Morgan fingerprint density at radius 1 is 0.900 bits per heavy atom. The Morgan fingerprint density at radius 3 is 2.40 bits per heavy atom. The number of fused-ring (bicyclic) bond motifs is 3. The molecule has 6 rings (SSSR count). The molecule has 4 nitrogen and oxygen atoms in total. The van der Waals surface area contributed by atoms with Gasteiger partial charge < -0.3 is 9.40 Å². The molecule has 40 heavy (non-hydrogen) atoms. The molecule has 0 amide bonds. The van der Waals surface area contributed by atoms with Gasteiger partial charge in [0.15, 0.2) is 0 Å². The number of hydrogen-bond acceptors (Lipinski definition) is 4. The summed E-state index contributed by atoms with van der Waals surface area (Å²) in [6.07, 6.45) is 3.71. The van der Waals surface area contributed by atoms with Crippen LogP contribution in [0, 0.1) is 18.1 Å². The third-order valence-electron chi connectivity index (χ3n) is 6.47. The van der Waals surface area contributed by atoms with Gasteiger partial charge in [-0.1, -0.05) is 36.4 Å². The summed E-state index contributed by atoms with van der Waals surface area (Å²) in [6, 6.07) is 28.9. The van der Waals surface area contributed by atoms with E-state index in [-0.39, 0.29) is 25.8 Å². The van der Waals surface area contributed by atoms with E-state index in [1.807, 2.05) is 62.5 Å². The van der Waals surface area contributed by atoms with Gasteiger partial charge in [-0.25, -0.2) is 0 Å². The van der Waals surface area contributed by atoms with Crippen molar-refractivity contribution in [3.8, 4) is 22.5 Å². The van der Waals surface area contributed by atoms with Gasteiger partial charge in [-0.3, -0.25) is 0 Å². The maximum absolute atomic E-state index is 13.4. The Kier molecular flexibility index (Phi) is 8.89. The minimum absolute atomic E-state index is 0. The van der Waals surface area contributed by atoms with Gasteiger partial charge in [-0.2, -0.15) is 9.37 Å². The van der Waals surface area contributed by atoms with Crippen LogP contribution >= 0.6 is 0 Å². The van der Waals surface area contributed by atoms with Gasteiger partial charge in [0.05, 0.1) is 5.58 Å². The average molecular weight is 769 g/mol. The Labute approximate surface area is 252 Å². The molecule has 0 unspecified atom stereocenters. The summed E-state index contributed by atoms with van der Waals surface area (Å²) >= 11 is -1.72. The van der Waals surface area contributed by atoms with Crippen molar-refractivity contribution in [3.63, 3.8) is 0 Å². The summed E-state index contributed by atoms with van der Waals surface area (Å²) in [7, 11) is 0. The summed E-state index contributed by atoms with van der Waals surface area (Å²) in [6.45, 7) is 3.65. The van der Waals surface area contributed by atoms with E-state index in [0.717, 1.165) is 27.6 Å². The maximum Gasteiger partial charge on any atom is 0 e. The summed E-state index contributed by atoms with van der Waals surface area (Å²) in [5.74, 6) is 5.83. The minimum Gasteiger partial charge on any atom is 0 e. The van der Waals surface area contributed by atoms with Crippen LogP contribution in [0.15, 0.2) is 89.6 Å². The van der Waals surface area contributed by atoms with Crippen molar-refractivity contribution in [1.29, 1.82) is 0 Å². The largest absolute Gasteiger partial charge is 0 e. The molecule has 7 heteroatoms. The van der Waals surface area contributed by atoms with Crippen molar-refractivity contribution in [3.05, 3.63) is 109 Å². The van der Waals surface area contributed by atoms with Gasteiger partial charge >= 0.3 is 99.8 Å². The maximum atomic E-state index is 13.4. The third kappa shape index (κ3) is 6.57. The fourth-order valence-corrected chi connectivity index (χ4v) is 6.39. The molecule has 0 aliphatic heterocycles. The predicted molar refractivity (Wildman–Crippen MR) is 159 cm³/mol. The first-order chi connectivity index (χ1) is 19.0. The zero-order chi connectivity index (χ0) is 28.5. The van der Waals surface area contributed by atoms with Gasteiger partial charge in [0.25, 0.3) is 0 Å². The van der Waals surface area contributed by atoms with Crippen molar-refractivity contribution in [2.75, 3.05) is 0 Å². The molecule has 0 saturated carbocycles. The Balaban J connectivity index is 0.000000200. The number of rotatable bonds is 4. The van der Waals surface area contributed by atoms with E-state index >= 15 is 0 Å². The van der Waals surface area contributed by atoms with Gasteiger partial charge in [-0.15, -0.1) is 18.2 Å². The molecule has 0 N–H and O–H groups in total. The van der Waals surface area contributed by atoms with Crippen LogP contribution in [-0.4, -0.2) is 28.2 Å². The fourth-order valence-electron chi connectivity index (χ4n) is 4.22. The third-order valence-corrected chi connectivity index (χ3v) is 10.7. The average Bonchev–Trinajstić information content (AvgIpc) is 3.31. The molecule has 0 bridgehead atoms. The van der Waals surface area contributed by atoms with E-state index in [9.17, 15) is 4.39 Å². The van der Waals surface area contributed by atoms with Crippen LogP contribution in [0.4, 0.5) is 4.39 Å². The van der Waals surface area contributed by atoms with Crippen LogP contribution in [0.2, 0.25) is 17.3 Å². The fraction of sp³-hybridized carbons (Fsp3) is 0.182. The number of furan rings is 1. The molecule has 1 radical (unpaired) electrons. The van der Waals surface area contributed by atoms with Gasteiger partial charge in [0.2, 0.25) is 11.7 Å². The Morgan fingerprint density at radius 2 is 1.73 bits per heavy atom. The molecule has 0 fully saturated rings. The summed E-state index contributed by atoms with van der Waals surface area (Å²) in [4.78, 5) is 12.7. The van der Waals surface area contributed by atoms with Crippen LogP contribution < -0.4 is 4.40 Å². The molecule has 2 aromatic carbocycles. The first kappa shape index (κ1) is 28.3. The van der Waals surface area contributed by atoms with E-state index in [1.54, 1.807) is 18.3 Å². The Bertz CT molecular complexity index is 1780. The number of halogens is 1. The molecule has 0 aliphatic carbocycles. The van der Waals surface area contributed by atoms with Crippen LogP contribution in [0.3, 0.4) is 0 Å². The van der Waals surface area contributed by atoms with Gasteiger partial charge in [0.1, 0.15) is 0 Å². The number of nitrogens with zero attached hydrogens (tertiary/aromatic N) is 3. The first-order valence-electron chi connectivity index (χ1n) is 13.3. The van der Waals surface area contributed by atoms with Crippen LogP contribution in [-0.2, 0) is 20.1 Å². The molecular formula is C33H30FGeIrN3O-2. The number of aromatic nitrogens is 3. The van der Waals surface area contributed by atoms with E-state index in [0.29, 0.717) is 16.8 Å². The smallest absolute Gasteiger partial charge is 0 e. The van der Waals surface area contributed by atoms with Crippen molar-refractivity contribution in [2.24, 2.45) is 0 Å². The van der Waals surface area contributed by atoms with E-state index < -0.39 is 25.1 Å². The second-order valence-electron chi connectivity index (χ2n) is 10.6. The van der Waals surface area contributed by atoms with Gasteiger partial charge in [0, 0.05) is 33.1 Å². The SMILES string of the molecule is [2H]C(C)(C)c1ccnc(-c2[c-]ccc3c2oc2nc(F)ccc23)c1.[CH3][Ge]([CH3])([CH3])[c]1ccc(-c2[c-]cccc2)nc1.[Ir]. The first-order valence-corrected chi connectivity index (χ1v) is 20.1. The van der Waals surface area contributed by atoms with Crippen LogP contribution in [0.5, 0.6) is 0 Å². The minimum atomic E-state index is -1.72. The number of benzene rings is 2. The van der Waals surface area contributed by atoms with Gasteiger partial charge in [-0.05, 0) is 29.8 Å². The summed E-state index contributed by atoms with van der Waals surface area (Å²) in [5, 5.41) is 1.59. The molecule has 0 aliphatic rings. The topological polar surface area (TPSA) is 51.8 Å². The molecule has 205 valence electrons. The molecule has 6 aromatic rings. The number of hydrogen-bond donors (Lipinski definition) is 0. The van der Waals surface area contributed by atoms with E-state index in [1.165, 1.54) is 10.5 Å². The molecule has 0 spiro atoms. The number of pyridine rings is 3. The zero-order valence-electron chi connectivity index (χ0n) is 24.0. The molecular weight excluding hydrogens is 738 g/mol. The molecule has 0 atom stereocenters. The summed E-state index contributed by atoms with van der Waals surface area (Å²) < 4.78 is 28.8. The van der Waals surface area contributed by atoms with Crippen LogP contribution in [0.25, 0.3) is 44.6 Å². The summed E-state index contributed by atoms with van der Waals surface area (Å²) in [5.41, 5.74) is 5.08. The van der Waals surface area contributed by atoms with E-state index in [2.05, 4.69) is 56.5 Å². The Hall–Kier alpha value is -3.19. The van der Waals surface area contributed by atoms with Crippen molar-refractivity contribution >= 4 is 39.7 Å². The van der Waals surface area contributed by atoms with Crippen LogP contribution in [0.1, 0.15) is 26.7 Å². The molecule has 4 aromatic heterocycles. The van der Waals surface area contributed by atoms with E-state index in [4.69, 9.17) is 5.79 Å². The van der Waals surface area contributed by atoms with Crippen molar-refractivity contribution < 1.29 is 30.3 Å². The standard InChI is InChI=1S/C19H14FN2O.C14H16GeN.Ir/c1-11(2)12-8-9-21-16(10-12)15-5-3-4-13-14-6-7-17(20)22-19(14)23-18(13)15;1-15(2,3)13-9-10-14(16-11-13)12-7-5-4-6-8-12;/h3-4,6-11H,1-2H3;4-7,9-11H,1-3H3;/q2*-1;/i11D;;. The van der Waals surface area contributed by atoms with Crippen molar-refractivity contribution in [2.45, 2.75) is 37.0 Å². The zero-order valence-corrected chi connectivity index (χ0v) is 27.5. The monoisotopic (exact) mass is 771 g/mol. The van der Waals surface area contributed by atoms with Crippen molar-refractivity contribution in [1.82, 2.24) is 15.0 Å². The predicted octanol–water partition coefficient (Wildman–Crippen LogP) is 8.20. The normalized spacial score (nSPS) is 11.9. The molecule has 4 heterocycles. The second kappa shape index (κ2) is 12.5.